The van der Waals surface area contributed by atoms with Crippen LogP contribution in [0.5, 0.6) is 5.75 Å². The monoisotopic (exact) mass is 484 g/mol. The number of aryl methyl sites for hydroxylation is 1. The van der Waals surface area contributed by atoms with Crippen molar-refractivity contribution in [3.8, 4) is 5.75 Å². The molecule has 0 saturated heterocycles. The lowest BCUT2D eigenvalue weighted by molar-refractivity contribution is 0.262. The molecule has 28 heavy (non-hydrogen) atoms. The van der Waals surface area contributed by atoms with Crippen molar-refractivity contribution < 1.29 is 13.2 Å². The molecule has 0 amide bonds. The number of benzene rings is 2. The van der Waals surface area contributed by atoms with Crippen LogP contribution in [0.15, 0.2) is 45.8 Å². The van der Waals surface area contributed by atoms with Crippen molar-refractivity contribution >= 4 is 48.5 Å². The highest BCUT2D eigenvalue weighted by atomic mass is 79.9. The maximum absolute atomic E-state index is 13.5. The van der Waals surface area contributed by atoms with Crippen LogP contribution in [0.2, 0.25) is 5.02 Å². The molecule has 1 heterocycles. The van der Waals surface area contributed by atoms with Crippen LogP contribution in [-0.4, -0.2) is 44.5 Å². The van der Waals surface area contributed by atoms with Gasteiger partial charge in [0.1, 0.15) is 12.4 Å². The largest absolute Gasteiger partial charge is 0.490 e. The van der Waals surface area contributed by atoms with Crippen molar-refractivity contribution in [3.05, 3.63) is 57.2 Å². The molecule has 0 radical (unpaired) electrons. The number of hydrogen-bond donors (Lipinski definition) is 0. The van der Waals surface area contributed by atoms with Crippen molar-refractivity contribution in [2.75, 3.05) is 27.2 Å². The Hall–Kier alpha value is -1.54. The lowest BCUT2D eigenvalue weighted by atomic mass is 10.2. The number of aromatic nitrogens is 1. The van der Waals surface area contributed by atoms with E-state index in [0.717, 1.165) is 5.56 Å². The fourth-order valence-electron chi connectivity index (χ4n) is 3.03. The van der Waals surface area contributed by atoms with Crippen LogP contribution >= 0.6 is 27.5 Å². The van der Waals surface area contributed by atoms with E-state index < -0.39 is 10.0 Å². The van der Waals surface area contributed by atoms with Crippen LogP contribution in [0.4, 0.5) is 0 Å². The zero-order valence-corrected chi connectivity index (χ0v) is 19.3. The van der Waals surface area contributed by atoms with Gasteiger partial charge in [0, 0.05) is 21.4 Å². The van der Waals surface area contributed by atoms with E-state index in [0.29, 0.717) is 45.0 Å². The topological polar surface area (TPSA) is 51.5 Å². The van der Waals surface area contributed by atoms with Crippen molar-refractivity contribution in [3.63, 3.8) is 0 Å². The Morgan fingerprint density at radius 1 is 1.14 bits per heavy atom. The van der Waals surface area contributed by atoms with Gasteiger partial charge in [0.05, 0.1) is 16.1 Å². The summed E-state index contributed by atoms with van der Waals surface area (Å²) in [5.74, 6) is 0.524. The van der Waals surface area contributed by atoms with E-state index in [1.165, 1.54) is 3.97 Å². The molecule has 2 aromatic carbocycles. The minimum absolute atomic E-state index is 0.222. The molecule has 3 rings (SSSR count). The first-order valence-electron chi connectivity index (χ1n) is 8.72. The van der Waals surface area contributed by atoms with Crippen molar-refractivity contribution in [1.29, 1.82) is 0 Å². The Morgan fingerprint density at radius 3 is 2.39 bits per heavy atom. The first-order chi connectivity index (χ1) is 13.1. The molecule has 150 valence electrons. The first kappa shape index (κ1) is 21.2. The number of halogens is 2. The number of nitrogens with zero attached hydrogens (tertiary/aromatic N) is 2. The van der Waals surface area contributed by atoms with Crippen LogP contribution in [0, 0.1) is 13.8 Å². The van der Waals surface area contributed by atoms with E-state index in [1.807, 2.05) is 25.9 Å². The Bertz CT molecular complexity index is 1120. The minimum Gasteiger partial charge on any atom is -0.490 e. The number of hydrogen-bond acceptors (Lipinski definition) is 4. The molecule has 5 nitrogen and oxygen atoms in total. The molecule has 0 aliphatic rings. The fourth-order valence-corrected chi connectivity index (χ4v) is 5.71. The van der Waals surface area contributed by atoms with Gasteiger partial charge in [0.25, 0.3) is 10.0 Å². The molecule has 0 unspecified atom stereocenters. The summed E-state index contributed by atoms with van der Waals surface area (Å²) in [4.78, 5) is 2.22. The third-order valence-corrected chi connectivity index (χ3v) is 7.08. The van der Waals surface area contributed by atoms with Gasteiger partial charge in [-0.1, -0.05) is 29.3 Å². The summed E-state index contributed by atoms with van der Waals surface area (Å²) in [6, 6.07) is 10.2. The van der Waals surface area contributed by atoms with Gasteiger partial charge in [-0.2, -0.15) is 0 Å². The molecule has 8 heteroatoms. The molecule has 1 aromatic heterocycles. The Kier molecular flexibility index (Phi) is 6.10. The molecular weight excluding hydrogens is 464 g/mol. The number of likely N-dealkylation sites (N-methyl/N-ethyl adjacent to an activating group) is 1. The smallest absolute Gasteiger partial charge is 0.268 e. The van der Waals surface area contributed by atoms with Crippen LogP contribution < -0.4 is 4.74 Å². The number of ether oxygens (including phenoxy) is 1. The number of fused-ring (bicyclic) bond motifs is 1. The average Bonchev–Trinajstić information content (AvgIpc) is 2.88. The average molecular weight is 486 g/mol. The van der Waals surface area contributed by atoms with Crippen molar-refractivity contribution in [2.24, 2.45) is 0 Å². The minimum atomic E-state index is -3.82. The normalized spacial score (nSPS) is 12.1. The van der Waals surface area contributed by atoms with E-state index in [2.05, 4.69) is 15.9 Å². The summed E-state index contributed by atoms with van der Waals surface area (Å²) in [5.41, 5.74) is 2.02. The standard InChI is InChI=1S/C20H22BrClN2O3S/c1-13-5-7-16(8-6-13)28(25,26)24-14(2)20(27-10-9-23(3)4)17-11-15(22)12-18(21)19(17)24/h5-8,11-12H,9-10H2,1-4H3. The van der Waals surface area contributed by atoms with E-state index in [4.69, 9.17) is 16.3 Å². The predicted molar refractivity (Wildman–Crippen MR) is 117 cm³/mol. The van der Waals surface area contributed by atoms with Gasteiger partial charge in [-0.25, -0.2) is 12.4 Å². The van der Waals surface area contributed by atoms with Crippen LogP contribution in [0.25, 0.3) is 10.9 Å². The van der Waals surface area contributed by atoms with E-state index in [9.17, 15) is 8.42 Å². The molecule has 0 aliphatic carbocycles. The maximum Gasteiger partial charge on any atom is 0.268 e. The molecule has 0 N–H and O–H groups in total. The number of rotatable bonds is 6. The predicted octanol–water partition coefficient (Wildman–Crippen LogP) is 4.85. The first-order valence-corrected chi connectivity index (χ1v) is 11.3. The lowest BCUT2D eigenvalue weighted by Gasteiger charge is -2.12. The highest BCUT2D eigenvalue weighted by Crippen LogP contribution is 2.40. The van der Waals surface area contributed by atoms with Gasteiger partial charge in [0.2, 0.25) is 0 Å². The molecule has 0 aliphatic heterocycles. The fraction of sp³-hybridized carbons (Fsp3) is 0.300. The maximum atomic E-state index is 13.5. The van der Waals surface area contributed by atoms with Gasteiger partial charge in [-0.05, 0) is 68.1 Å². The quantitative estimate of drug-likeness (QED) is 0.501. The molecule has 0 atom stereocenters. The Balaban J connectivity index is 2.25. The van der Waals surface area contributed by atoms with Crippen molar-refractivity contribution in [2.45, 2.75) is 18.7 Å². The van der Waals surface area contributed by atoms with Crippen molar-refractivity contribution in [1.82, 2.24) is 8.87 Å². The summed E-state index contributed by atoms with van der Waals surface area (Å²) in [5, 5.41) is 1.16. The second kappa shape index (κ2) is 8.06. The van der Waals surface area contributed by atoms with Gasteiger partial charge < -0.3 is 9.64 Å². The third-order valence-electron chi connectivity index (χ3n) is 4.45. The lowest BCUT2D eigenvalue weighted by Crippen LogP contribution is -2.20. The Morgan fingerprint density at radius 2 is 1.79 bits per heavy atom. The SMILES string of the molecule is Cc1ccc(S(=O)(=O)n2c(C)c(OCCN(C)C)c3cc(Cl)cc(Br)c32)cc1. The highest BCUT2D eigenvalue weighted by molar-refractivity contribution is 9.10. The van der Waals surface area contributed by atoms with E-state index >= 15 is 0 Å². The second-order valence-corrected chi connectivity index (χ2v) is 10.0. The summed E-state index contributed by atoms with van der Waals surface area (Å²) < 4.78 is 34.8. The van der Waals surface area contributed by atoms with Crippen LogP contribution in [0.3, 0.4) is 0 Å². The third kappa shape index (κ3) is 3.94. The Labute approximate surface area is 179 Å². The molecular formula is C20H22BrClN2O3S. The summed E-state index contributed by atoms with van der Waals surface area (Å²) >= 11 is 9.72. The summed E-state index contributed by atoms with van der Waals surface area (Å²) in [7, 11) is 0.0906. The van der Waals surface area contributed by atoms with Gasteiger partial charge in [-0.3, -0.25) is 0 Å². The summed E-state index contributed by atoms with van der Waals surface area (Å²) in [6.45, 7) is 4.80. The van der Waals surface area contributed by atoms with Gasteiger partial charge >= 0.3 is 0 Å². The summed E-state index contributed by atoms with van der Waals surface area (Å²) in [6.07, 6.45) is 0. The van der Waals surface area contributed by atoms with Crippen LogP contribution in [0.1, 0.15) is 11.3 Å². The molecule has 0 spiro atoms. The zero-order chi connectivity index (χ0) is 20.6. The molecule has 0 bridgehead atoms. The molecule has 0 saturated carbocycles. The second-order valence-electron chi connectivity index (χ2n) is 6.93. The molecule has 3 aromatic rings. The highest BCUT2D eigenvalue weighted by Gasteiger charge is 2.27. The molecule has 0 fully saturated rings. The van der Waals surface area contributed by atoms with Crippen LogP contribution in [-0.2, 0) is 10.0 Å². The zero-order valence-electron chi connectivity index (χ0n) is 16.2. The van der Waals surface area contributed by atoms with E-state index in [-0.39, 0.29) is 4.90 Å². The van der Waals surface area contributed by atoms with Gasteiger partial charge in [0.15, 0.2) is 0 Å². The van der Waals surface area contributed by atoms with E-state index in [1.54, 1.807) is 43.3 Å². The van der Waals surface area contributed by atoms with Gasteiger partial charge in [-0.15, -0.1) is 0 Å².